The van der Waals surface area contributed by atoms with E-state index < -0.39 is 12.2 Å². The average molecular weight is 361 g/mol. The summed E-state index contributed by atoms with van der Waals surface area (Å²) in [5.74, 6) is 1.64. The topological polar surface area (TPSA) is 61.6 Å². The second kappa shape index (κ2) is 8.50. The van der Waals surface area contributed by atoms with Gasteiger partial charge in [-0.25, -0.2) is 0 Å². The van der Waals surface area contributed by atoms with Crippen LogP contribution in [0.5, 0.6) is 0 Å². The molecule has 25 heavy (non-hydrogen) atoms. The zero-order chi connectivity index (χ0) is 18.4. The summed E-state index contributed by atoms with van der Waals surface area (Å²) in [7, 11) is 1.68. The molecule has 7 nitrogen and oxygen atoms in total. The van der Waals surface area contributed by atoms with Crippen LogP contribution in [0, 0.1) is 0 Å². The lowest BCUT2D eigenvalue weighted by Crippen LogP contribution is -2.56. The number of alkyl halides is 3. The highest BCUT2D eigenvalue weighted by Crippen LogP contribution is 2.25. The van der Waals surface area contributed by atoms with Gasteiger partial charge in [-0.15, -0.1) is 10.2 Å². The summed E-state index contributed by atoms with van der Waals surface area (Å²) in [6.45, 7) is 6.37. The van der Waals surface area contributed by atoms with Crippen LogP contribution in [-0.2, 0) is 13.0 Å². The van der Waals surface area contributed by atoms with Gasteiger partial charge in [0.1, 0.15) is 18.2 Å². The lowest BCUT2D eigenvalue weighted by molar-refractivity contribution is -0.181. The molecule has 0 saturated carbocycles. The van der Waals surface area contributed by atoms with E-state index in [-0.39, 0.29) is 0 Å². The number of halogens is 3. The van der Waals surface area contributed by atoms with Crippen molar-refractivity contribution in [3.05, 3.63) is 12.2 Å². The third kappa shape index (κ3) is 5.07. The van der Waals surface area contributed by atoms with Crippen LogP contribution in [0.3, 0.4) is 0 Å². The van der Waals surface area contributed by atoms with Gasteiger partial charge in [0.15, 0.2) is 5.96 Å². The zero-order valence-corrected chi connectivity index (χ0v) is 14.9. The Bertz CT molecular complexity index is 562. The predicted octanol–water partition coefficient (Wildman–Crippen LogP) is 0.984. The van der Waals surface area contributed by atoms with E-state index in [9.17, 15) is 13.2 Å². The molecule has 0 amide bonds. The van der Waals surface area contributed by atoms with Gasteiger partial charge >= 0.3 is 6.18 Å². The molecule has 1 atom stereocenters. The minimum absolute atomic E-state index is 0.368. The second-order valence-corrected chi connectivity index (χ2v) is 6.01. The fourth-order valence-electron chi connectivity index (χ4n) is 2.89. The van der Waals surface area contributed by atoms with Crippen molar-refractivity contribution in [3.8, 4) is 0 Å². The van der Waals surface area contributed by atoms with Crippen LogP contribution in [0.25, 0.3) is 0 Å². The summed E-state index contributed by atoms with van der Waals surface area (Å²) in [4.78, 5) is 7.70. The Morgan fingerprint density at radius 2 is 2.00 bits per heavy atom. The number of piperazine rings is 1. The van der Waals surface area contributed by atoms with Crippen LogP contribution in [0.4, 0.5) is 13.2 Å². The number of rotatable bonds is 5. The standard InChI is InChI=1S/C15H26F3N7/c1-4-13-22-21-11-25(13)6-5-20-14(19-3)24-9-7-23(8-10-24)12(2)15(16,17)18/h11-12H,4-10H2,1-3H3,(H,19,20). The fourth-order valence-corrected chi connectivity index (χ4v) is 2.89. The summed E-state index contributed by atoms with van der Waals surface area (Å²) >= 11 is 0. The molecule has 2 rings (SSSR count). The third-order valence-electron chi connectivity index (χ3n) is 4.49. The van der Waals surface area contributed by atoms with Crippen molar-refractivity contribution in [2.24, 2.45) is 4.99 Å². The number of aliphatic imine (C=N–C) groups is 1. The summed E-state index contributed by atoms with van der Waals surface area (Å²) in [5.41, 5.74) is 0. The molecule has 1 aliphatic heterocycles. The van der Waals surface area contributed by atoms with Crippen LogP contribution < -0.4 is 5.32 Å². The quantitative estimate of drug-likeness (QED) is 0.626. The van der Waals surface area contributed by atoms with Crippen molar-refractivity contribution in [3.63, 3.8) is 0 Å². The van der Waals surface area contributed by atoms with Gasteiger partial charge in [-0.1, -0.05) is 6.92 Å². The molecule has 0 bridgehead atoms. The van der Waals surface area contributed by atoms with E-state index in [0.29, 0.717) is 45.2 Å². The normalized spacial score (nSPS) is 18.5. The van der Waals surface area contributed by atoms with E-state index in [1.807, 2.05) is 16.4 Å². The lowest BCUT2D eigenvalue weighted by Gasteiger charge is -2.39. The van der Waals surface area contributed by atoms with Gasteiger partial charge in [-0.2, -0.15) is 13.2 Å². The van der Waals surface area contributed by atoms with Gasteiger partial charge in [-0.3, -0.25) is 9.89 Å². The Hall–Kier alpha value is -1.84. The van der Waals surface area contributed by atoms with Crippen molar-refractivity contribution >= 4 is 5.96 Å². The van der Waals surface area contributed by atoms with Gasteiger partial charge < -0.3 is 14.8 Å². The number of hydrogen-bond acceptors (Lipinski definition) is 4. The number of aromatic nitrogens is 3. The molecule has 0 aromatic carbocycles. The summed E-state index contributed by atoms with van der Waals surface area (Å²) in [6, 6.07) is -1.41. The van der Waals surface area contributed by atoms with E-state index >= 15 is 0 Å². The Balaban J connectivity index is 1.80. The fraction of sp³-hybridized carbons (Fsp3) is 0.800. The Morgan fingerprint density at radius 1 is 1.32 bits per heavy atom. The van der Waals surface area contributed by atoms with Gasteiger partial charge in [0.05, 0.1) is 0 Å². The van der Waals surface area contributed by atoms with Crippen molar-refractivity contribution in [2.45, 2.75) is 39.0 Å². The summed E-state index contributed by atoms with van der Waals surface area (Å²) in [6.07, 6.45) is -1.67. The minimum Gasteiger partial charge on any atom is -0.354 e. The number of nitrogens with one attached hydrogen (secondary N) is 1. The van der Waals surface area contributed by atoms with E-state index in [1.165, 1.54) is 11.8 Å². The Morgan fingerprint density at radius 3 is 2.56 bits per heavy atom. The lowest BCUT2D eigenvalue weighted by atomic mass is 10.2. The molecule has 0 aliphatic carbocycles. The van der Waals surface area contributed by atoms with Crippen LogP contribution in [-0.4, -0.2) is 82.5 Å². The molecule has 142 valence electrons. The Kier molecular flexibility index (Phi) is 6.63. The molecule has 0 radical (unpaired) electrons. The van der Waals surface area contributed by atoms with Crippen LogP contribution in [0.1, 0.15) is 19.7 Å². The first-order valence-electron chi connectivity index (χ1n) is 8.49. The second-order valence-electron chi connectivity index (χ2n) is 6.01. The molecule has 1 saturated heterocycles. The molecule has 1 aliphatic rings. The number of hydrogen-bond donors (Lipinski definition) is 1. The van der Waals surface area contributed by atoms with E-state index in [4.69, 9.17) is 0 Å². The first-order valence-corrected chi connectivity index (χ1v) is 8.49. The summed E-state index contributed by atoms with van der Waals surface area (Å²) < 4.78 is 40.4. The third-order valence-corrected chi connectivity index (χ3v) is 4.49. The smallest absolute Gasteiger partial charge is 0.354 e. The molecule has 1 aromatic heterocycles. The SMILES string of the molecule is CCc1nncn1CCNC(=NC)N1CCN(C(C)C(F)(F)F)CC1. The number of guanidine groups is 1. The molecule has 10 heteroatoms. The number of aryl methyl sites for hydroxylation is 1. The maximum Gasteiger partial charge on any atom is 0.403 e. The largest absolute Gasteiger partial charge is 0.403 e. The molecular formula is C15H26F3N7. The minimum atomic E-state index is -4.18. The molecule has 0 spiro atoms. The zero-order valence-electron chi connectivity index (χ0n) is 14.9. The highest BCUT2D eigenvalue weighted by atomic mass is 19.4. The maximum absolute atomic E-state index is 12.8. The van der Waals surface area contributed by atoms with Gasteiger partial charge in [0.25, 0.3) is 0 Å². The van der Waals surface area contributed by atoms with Crippen molar-refractivity contribution in [2.75, 3.05) is 39.8 Å². The molecule has 1 aromatic rings. The van der Waals surface area contributed by atoms with E-state index in [0.717, 1.165) is 12.2 Å². The van der Waals surface area contributed by atoms with E-state index in [2.05, 4.69) is 20.5 Å². The van der Waals surface area contributed by atoms with Gasteiger partial charge in [0.2, 0.25) is 0 Å². The monoisotopic (exact) mass is 361 g/mol. The highest BCUT2D eigenvalue weighted by molar-refractivity contribution is 5.79. The molecule has 1 unspecified atom stereocenters. The molecule has 1 fully saturated rings. The summed E-state index contributed by atoms with van der Waals surface area (Å²) in [5, 5.41) is 11.2. The highest BCUT2D eigenvalue weighted by Gasteiger charge is 2.41. The van der Waals surface area contributed by atoms with Gasteiger partial charge in [-0.05, 0) is 6.92 Å². The number of nitrogens with zero attached hydrogens (tertiary/aromatic N) is 6. The Labute approximate surface area is 145 Å². The maximum atomic E-state index is 12.8. The average Bonchev–Trinajstić information content (AvgIpc) is 3.05. The first-order chi connectivity index (χ1) is 11.9. The predicted molar refractivity (Wildman–Crippen MR) is 89.4 cm³/mol. The first kappa shape index (κ1) is 19.5. The molecule has 1 N–H and O–H groups in total. The van der Waals surface area contributed by atoms with Crippen LogP contribution in [0.2, 0.25) is 0 Å². The molecular weight excluding hydrogens is 335 g/mol. The van der Waals surface area contributed by atoms with Crippen LogP contribution >= 0.6 is 0 Å². The van der Waals surface area contributed by atoms with Crippen LogP contribution in [0.15, 0.2) is 11.3 Å². The molecule has 2 heterocycles. The van der Waals surface area contributed by atoms with Gasteiger partial charge in [0, 0.05) is 52.7 Å². The van der Waals surface area contributed by atoms with Crippen molar-refractivity contribution in [1.82, 2.24) is 29.9 Å². The van der Waals surface area contributed by atoms with E-state index in [1.54, 1.807) is 13.4 Å². The van der Waals surface area contributed by atoms with Crippen molar-refractivity contribution < 1.29 is 13.2 Å². The van der Waals surface area contributed by atoms with Crippen molar-refractivity contribution in [1.29, 1.82) is 0 Å².